The van der Waals surface area contributed by atoms with E-state index < -0.39 is 0 Å². The average molecular weight is 205 g/mol. The van der Waals surface area contributed by atoms with Gasteiger partial charge in [-0.05, 0) is 55.3 Å². The zero-order chi connectivity index (χ0) is 10.9. The van der Waals surface area contributed by atoms with E-state index in [0.29, 0.717) is 5.41 Å². The van der Waals surface area contributed by atoms with Crippen LogP contribution in [0.2, 0.25) is 0 Å². The molecule has 0 amide bonds. The monoisotopic (exact) mass is 205 g/mol. The maximum atomic E-state index is 5.80. The minimum absolute atomic E-state index is 0.378. The predicted molar refractivity (Wildman–Crippen MR) is 62.2 cm³/mol. The third-order valence-corrected chi connectivity index (χ3v) is 3.40. The van der Waals surface area contributed by atoms with Gasteiger partial charge in [0.2, 0.25) is 0 Å². The van der Waals surface area contributed by atoms with Gasteiger partial charge in [-0.15, -0.1) is 0 Å². The molecule has 0 unspecified atom stereocenters. The molecular formula is C13H19NO. The topological polar surface area (TPSA) is 35.2 Å². The Morgan fingerprint density at radius 3 is 2.67 bits per heavy atom. The zero-order valence-electron chi connectivity index (χ0n) is 9.55. The molecule has 15 heavy (non-hydrogen) atoms. The summed E-state index contributed by atoms with van der Waals surface area (Å²) in [7, 11) is 1.74. The van der Waals surface area contributed by atoms with Crippen molar-refractivity contribution in [1.82, 2.24) is 0 Å². The third-order valence-electron chi connectivity index (χ3n) is 3.40. The zero-order valence-corrected chi connectivity index (χ0v) is 9.55. The number of methoxy groups -OCH3 is 1. The van der Waals surface area contributed by atoms with E-state index in [9.17, 15) is 0 Å². The molecule has 0 aromatic heterocycles. The highest BCUT2D eigenvalue weighted by atomic mass is 16.5. The van der Waals surface area contributed by atoms with Gasteiger partial charge in [0.1, 0.15) is 5.75 Å². The number of nitrogens with two attached hydrogens (primary N) is 1. The fourth-order valence-corrected chi connectivity index (χ4v) is 2.03. The molecule has 1 aromatic rings. The summed E-state index contributed by atoms with van der Waals surface area (Å²) in [4.78, 5) is 0. The van der Waals surface area contributed by atoms with Gasteiger partial charge >= 0.3 is 0 Å². The van der Waals surface area contributed by atoms with Crippen LogP contribution in [-0.2, 0) is 6.42 Å². The number of hydrogen-bond acceptors (Lipinski definition) is 2. The molecule has 2 N–H and O–H groups in total. The van der Waals surface area contributed by atoms with Crippen molar-refractivity contribution in [3.05, 3.63) is 29.3 Å². The van der Waals surface area contributed by atoms with Crippen molar-refractivity contribution in [2.45, 2.75) is 26.2 Å². The lowest BCUT2D eigenvalue weighted by Crippen LogP contribution is -2.18. The van der Waals surface area contributed by atoms with Crippen molar-refractivity contribution in [1.29, 1.82) is 0 Å². The summed E-state index contributed by atoms with van der Waals surface area (Å²) in [6.45, 7) is 2.88. The molecule has 0 aliphatic heterocycles. The second kappa shape index (κ2) is 3.86. The Balaban J connectivity index is 2.20. The Morgan fingerprint density at radius 2 is 2.13 bits per heavy atom. The van der Waals surface area contributed by atoms with Crippen LogP contribution in [0.1, 0.15) is 24.0 Å². The highest BCUT2D eigenvalue weighted by Gasteiger charge is 2.41. The SMILES string of the molecule is COc1cc(C)ccc1CC1(CN)CC1. The van der Waals surface area contributed by atoms with Crippen LogP contribution < -0.4 is 10.5 Å². The lowest BCUT2D eigenvalue weighted by Gasteiger charge is -2.15. The quantitative estimate of drug-likeness (QED) is 0.818. The largest absolute Gasteiger partial charge is 0.496 e. The first-order valence-electron chi connectivity index (χ1n) is 5.53. The van der Waals surface area contributed by atoms with Crippen LogP contribution in [-0.4, -0.2) is 13.7 Å². The summed E-state index contributed by atoms with van der Waals surface area (Å²) in [6, 6.07) is 6.41. The molecule has 0 atom stereocenters. The van der Waals surface area contributed by atoms with Crippen molar-refractivity contribution < 1.29 is 4.74 Å². The number of ether oxygens (including phenoxy) is 1. The molecule has 0 saturated heterocycles. The molecule has 1 aromatic carbocycles. The lowest BCUT2D eigenvalue weighted by atomic mass is 9.95. The van der Waals surface area contributed by atoms with Crippen LogP contribution in [0.15, 0.2) is 18.2 Å². The minimum Gasteiger partial charge on any atom is -0.496 e. The molecule has 1 aliphatic rings. The van der Waals surface area contributed by atoms with E-state index in [2.05, 4.69) is 25.1 Å². The maximum Gasteiger partial charge on any atom is 0.122 e. The Labute approximate surface area is 91.4 Å². The van der Waals surface area contributed by atoms with E-state index in [1.807, 2.05) is 0 Å². The summed E-state index contributed by atoms with van der Waals surface area (Å²) >= 11 is 0. The molecule has 1 aliphatic carbocycles. The first-order chi connectivity index (χ1) is 7.19. The Kier molecular flexibility index (Phi) is 2.70. The van der Waals surface area contributed by atoms with Crippen LogP contribution in [0, 0.1) is 12.3 Å². The molecule has 0 spiro atoms. The van der Waals surface area contributed by atoms with E-state index in [1.165, 1.54) is 24.0 Å². The van der Waals surface area contributed by atoms with Crippen LogP contribution in [0.4, 0.5) is 0 Å². The van der Waals surface area contributed by atoms with Gasteiger partial charge in [0, 0.05) is 0 Å². The summed E-state index contributed by atoms with van der Waals surface area (Å²) in [5.41, 5.74) is 8.72. The third kappa shape index (κ3) is 2.15. The van der Waals surface area contributed by atoms with Gasteiger partial charge in [-0.1, -0.05) is 12.1 Å². The Morgan fingerprint density at radius 1 is 1.40 bits per heavy atom. The summed E-state index contributed by atoms with van der Waals surface area (Å²) in [5.74, 6) is 1.01. The normalized spacial score (nSPS) is 17.5. The molecule has 1 fully saturated rings. The highest BCUT2D eigenvalue weighted by molar-refractivity contribution is 5.38. The van der Waals surface area contributed by atoms with Gasteiger partial charge in [0.15, 0.2) is 0 Å². The van der Waals surface area contributed by atoms with Crippen molar-refractivity contribution in [2.24, 2.45) is 11.1 Å². The van der Waals surface area contributed by atoms with Crippen molar-refractivity contribution >= 4 is 0 Å². The highest BCUT2D eigenvalue weighted by Crippen LogP contribution is 2.48. The van der Waals surface area contributed by atoms with Crippen LogP contribution in [0.25, 0.3) is 0 Å². The molecule has 0 bridgehead atoms. The van der Waals surface area contributed by atoms with Gasteiger partial charge < -0.3 is 10.5 Å². The first-order valence-corrected chi connectivity index (χ1v) is 5.53. The van der Waals surface area contributed by atoms with Gasteiger partial charge in [0.25, 0.3) is 0 Å². The van der Waals surface area contributed by atoms with Gasteiger partial charge in [-0.2, -0.15) is 0 Å². The van der Waals surface area contributed by atoms with Gasteiger partial charge in [0.05, 0.1) is 7.11 Å². The Bertz CT molecular complexity index is 356. The smallest absolute Gasteiger partial charge is 0.122 e. The van der Waals surface area contributed by atoms with Crippen LogP contribution in [0.5, 0.6) is 5.75 Å². The molecular weight excluding hydrogens is 186 g/mol. The number of hydrogen-bond donors (Lipinski definition) is 1. The number of rotatable bonds is 4. The predicted octanol–water partition coefficient (Wildman–Crippen LogP) is 2.29. The van der Waals surface area contributed by atoms with Crippen molar-refractivity contribution in [2.75, 3.05) is 13.7 Å². The Hall–Kier alpha value is -1.02. The fourth-order valence-electron chi connectivity index (χ4n) is 2.03. The van der Waals surface area contributed by atoms with E-state index in [4.69, 9.17) is 10.5 Å². The van der Waals surface area contributed by atoms with Crippen LogP contribution >= 0.6 is 0 Å². The standard InChI is InChI=1S/C13H19NO/c1-10-3-4-11(12(7-10)15-2)8-13(9-14)5-6-13/h3-4,7H,5-6,8-9,14H2,1-2H3. The van der Waals surface area contributed by atoms with E-state index in [-0.39, 0.29) is 0 Å². The number of benzene rings is 1. The molecule has 1 saturated carbocycles. The molecule has 2 heteroatoms. The number of aryl methyl sites for hydroxylation is 1. The maximum absolute atomic E-state index is 5.80. The summed E-state index contributed by atoms with van der Waals surface area (Å²) in [6.07, 6.45) is 3.59. The van der Waals surface area contributed by atoms with Crippen LogP contribution in [0.3, 0.4) is 0 Å². The molecule has 2 rings (SSSR count). The van der Waals surface area contributed by atoms with E-state index >= 15 is 0 Å². The van der Waals surface area contributed by atoms with Gasteiger partial charge in [-0.3, -0.25) is 0 Å². The lowest BCUT2D eigenvalue weighted by molar-refractivity contribution is 0.402. The average Bonchev–Trinajstić information content (AvgIpc) is 3.01. The second-order valence-electron chi connectivity index (χ2n) is 4.70. The first kappa shape index (κ1) is 10.5. The molecule has 0 heterocycles. The van der Waals surface area contributed by atoms with E-state index in [1.54, 1.807) is 7.11 Å². The molecule has 0 radical (unpaired) electrons. The van der Waals surface area contributed by atoms with Crippen molar-refractivity contribution in [3.8, 4) is 5.75 Å². The fraction of sp³-hybridized carbons (Fsp3) is 0.538. The molecule has 2 nitrogen and oxygen atoms in total. The van der Waals surface area contributed by atoms with E-state index in [0.717, 1.165) is 18.7 Å². The molecule has 82 valence electrons. The second-order valence-corrected chi connectivity index (χ2v) is 4.70. The van der Waals surface area contributed by atoms with Crippen molar-refractivity contribution in [3.63, 3.8) is 0 Å². The summed E-state index contributed by atoms with van der Waals surface area (Å²) < 4.78 is 5.40. The van der Waals surface area contributed by atoms with Gasteiger partial charge in [-0.25, -0.2) is 0 Å². The summed E-state index contributed by atoms with van der Waals surface area (Å²) in [5, 5.41) is 0. The minimum atomic E-state index is 0.378.